The van der Waals surface area contributed by atoms with Gasteiger partial charge in [-0.2, -0.15) is 0 Å². The molecule has 1 aromatic heterocycles. The van der Waals surface area contributed by atoms with E-state index in [1.165, 1.54) is 25.7 Å². The van der Waals surface area contributed by atoms with E-state index in [4.69, 9.17) is 0 Å². The van der Waals surface area contributed by atoms with E-state index in [2.05, 4.69) is 26.3 Å². The zero-order valence-electron chi connectivity index (χ0n) is 12.4. The Labute approximate surface area is 124 Å². The second-order valence-corrected chi connectivity index (χ2v) is 5.63. The van der Waals surface area contributed by atoms with Gasteiger partial charge >= 0.3 is 0 Å². The Hall–Kier alpha value is -1.88. The van der Waals surface area contributed by atoms with Crippen molar-refractivity contribution in [3.05, 3.63) is 24.3 Å². The van der Waals surface area contributed by atoms with Crippen LogP contribution in [-0.2, 0) is 4.79 Å². The largest absolute Gasteiger partial charge is 0.319 e. The van der Waals surface area contributed by atoms with Gasteiger partial charge in [0.15, 0.2) is 0 Å². The van der Waals surface area contributed by atoms with Crippen LogP contribution >= 0.6 is 0 Å². The van der Waals surface area contributed by atoms with Gasteiger partial charge in [-0.3, -0.25) is 10.1 Å². The summed E-state index contributed by atoms with van der Waals surface area (Å²) >= 11 is 0. The van der Waals surface area contributed by atoms with Gasteiger partial charge in [-0.25, -0.2) is 4.98 Å². The predicted octanol–water partition coefficient (Wildman–Crippen LogP) is 2.70. The van der Waals surface area contributed by atoms with Crippen LogP contribution in [0.3, 0.4) is 0 Å². The Morgan fingerprint density at radius 1 is 1.33 bits per heavy atom. The molecule has 21 heavy (non-hydrogen) atoms. The summed E-state index contributed by atoms with van der Waals surface area (Å²) < 4.78 is 2.22. The number of carbonyl (C=O) groups is 1. The summed E-state index contributed by atoms with van der Waals surface area (Å²) in [6.45, 7) is 0.676. The molecule has 1 fully saturated rings. The Morgan fingerprint density at radius 2 is 2.10 bits per heavy atom. The molecule has 2 N–H and O–H groups in total. The average Bonchev–Trinajstić information content (AvgIpc) is 3.11. The zero-order valence-corrected chi connectivity index (χ0v) is 12.4. The van der Waals surface area contributed by atoms with Crippen molar-refractivity contribution >= 4 is 22.9 Å². The maximum atomic E-state index is 12.0. The summed E-state index contributed by atoms with van der Waals surface area (Å²) in [7, 11) is 1.85. The minimum Gasteiger partial charge on any atom is -0.319 e. The number of nitrogens with zero attached hydrogens (tertiary/aromatic N) is 2. The number of para-hydroxylation sites is 2. The van der Waals surface area contributed by atoms with Crippen molar-refractivity contribution in [2.24, 2.45) is 0 Å². The molecule has 5 nitrogen and oxygen atoms in total. The van der Waals surface area contributed by atoms with Crippen molar-refractivity contribution in [2.45, 2.75) is 38.1 Å². The maximum absolute atomic E-state index is 12.0. The molecule has 5 heteroatoms. The first-order valence-corrected chi connectivity index (χ1v) is 7.71. The van der Waals surface area contributed by atoms with Crippen molar-refractivity contribution in [1.29, 1.82) is 0 Å². The summed E-state index contributed by atoms with van der Waals surface area (Å²) in [6, 6.07) is 8.56. The Balaban J connectivity index is 1.92. The Morgan fingerprint density at radius 3 is 2.86 bits per heavy atom. The number of fused-ring (bicyclic) bond motifs is 1. The molecule has 0 atom stereocenters. The molecule has 1 aromatic carbocycles. The molecule has 3 rings (SSSR count). The van der Waals surface area contributed by atoms with Crippen molar-refractivity contribution < 1.29 is 4.79 Å². The fraction of sp³-hybridized carbons (Fsp3) is 0.500. The van der Waals surface area contributed by atoms with Crippen LogP contribution in [0, 0.1) is 0 Å². The van der Waals surface area contributed by atoms with Gasteiger partial charge in [-0.05, 0) is 32.0 Å². The van der Waals surface area contributed by atoms with Crippen LogP contribution in [-0.4, -0.2) is 29.1 Å². The highest BCUT2D eigenvalue weighted by atomic mass is 16.1. The molecule has 1 saturated carbocycles. The fourth-order valence-electron chi connectivity index (χ4n) is 3.09. The number of imidazole rings is 1. The van der Waals surface area contributed by atoms with Gasteiger partial charge in [-0.1, -0.05) is 25.0 Å². The van der Waals surface area contributed by atoms with Crippen LogP contribution in [0.5, 0.6) is 0 Å². The second kappa shape index (κ2) is 6.26. The number of nitrogens with one attached hydrogen (secondary N) is 2. The third-order valence-corrected chi connectivity index (χ3v) is 4.14. The van der Waals surface area contributed by atoms with Gasteiger partial charge in [0.05, 0.1) is 11.0 Å². The normalized spacial score (nSPS) is 15.7. The minimum atomic E-state index is 0.0129. The molecular weight excluding hydrogens is 264 g/mol. The number of rotatable bonds is 5. The monoisotopic (exact) mass is 286 g/mol. The molecule has 0 spiro atoms. The summed E-state index contributed by atoms with van der Waals surface area (Å²) in [5.74, 6) is 0.711. The van der Waals surface area contributed by atoms with E-state index < -0.39 is 0 Å². The molecule has 1 amide bonds. The van der Waals surface area contributed by atoms with E-state index in [1.807, 2.05) is 25.2 Å². The lowest BCUT2D eigenvalue weighted by Gasteiger charge is -2.16. The Kier molecular flexibility index (Phi) is 4.20. The van der Waals surface area contributed by atoms with Gasteiger partial charge in [0.2, 0.25) is 11.9 Å². The number of carbonyl (C=O) groups excluding carboxylic acids is 1. The standard InChI is InChI=1S/C16H22N4O/c1-17-11-10-15(21)19-16-18-13-8-4-5-9-14(13)20(16)12-6-2-3-7-12/h4-5,8-9,12,17H,2-3,6-7,10-11H2,1H3,(H,18,19,21). The minimum absolute atomic E-state index is 0.0129. The molecule has 0 unspecified atom stereocenters. The molecule has 112 valence electrons. The van der Waals surface area contributed by atoms with Crippen molar-refractivity contribution in [2.75, 3.05) is 18.9 Å². The highest BCUT2D eigenvalue weighted by Crippen LogP contribution is 2.35. The van der Waals surface area contributed by atoms with E-state index in [0.717, 1.165) is 11.0 Å². The summed E-state index contributed by atoms with van der Waals surface area (Å²) in [5.41, 5.74) is 2.07. The first-order valence-electron chi connectivity index (χ1n) is 7.71. The Bertz CT molecular complexity index is 628. The van der Waals surface area contributed by atoms with E-state index in [1.54, 1.807) is 0 Å². The molecule has 0 aliphatic heterocycles. The number of aromatic nitrogens is 2. The number of benzene rings is 1. The van der Waals surface area contributed by atoms with Gasteiger partial charge in [-0.15, -0.1) is 0 Å². The van der Waals surface area contributed by atoms with E-state index in [-0.39, 0.29) is 5.91 Å². The number of hydrogen-bond donors (Lipinski definition) is 2. The smallest absolute Gasteiger partial charge is 0.227 e. The first kappa shape index (κ1) is 14.1. The van der Waals surface area contributed by atoms with E-state index in [9.17, 15) is 4.79 Å². The van der Waals surface area contributed by atoms with Crippen LogP contribution in [0.15, 0.2) is 24.3 Å². The van der Waals surface area contributed by atoms with Crippen molar-refractivity contribution in [1.82, 2.24) is 14.9 Å². The average molecular weight is 286 g/mol. The highest BCUT2D eigenvalue weighted by molar-refractivity contribution is 5.91. The lowest BCUT2D eigenvalue weighted by molar-refractivity contribution is -0.116. The van der Waals surface area contributed by atoms with Crippen LogP contribution in [0.25, 0.3) is 11.0 Å². The fourth-order valence-corrected chi connectivity index (χ4v) is 3.09. The highest BCUT2D eigenvalue weighted by Gasteiger charge is 2.23. The molecule has 0 saturated heterocycles. The SMILES string of the molecule is CNCCC(=O)Nc1nc2ccccc2n1C1CCCC1. The summed E-state index contributed by atoms with van der Waals surface area (Å²) in [4.78, 5) is 16.6. The molecule has 2 aromatic rings. The molecule has 1 aliphatic rings. The van der Waals surface area contributed by atoms with Crippen LogP contribution in [0.1, 0.15) is 38.1 Å². The zero-order chi connectivity index (χ0) is 14.7. The van der Waals surface area contributed by atoms with Crippen LogP contribution in [0.4, 0.5) is 5.95 Å². The summed E-state index contributed by atoms with van der Waals surface area (Å²) in [5, 5.41) is 5.98. The van der Waals surface area contributed by atoms with Crippen molar-refractivity contribution in [3.63, 3.8) is 0 Å². The topological polar surface area (TPSA) is 59.0 Å². The number of anilines is 1. The van der Waals surface area contributed by atoms with E-state index >= 15 is 0 Å². The predicted molar refractivity (Wildman–Crippen MR) is 84.4 cm³/mol. The molecular formula is C16H22N4O. The molecule has 1 aliphatic carbocycles. The van der Waals surface area contributed by atoms with E-state index in [0.29, 0.717) is 25.0 Å². The quantitative estimate of drug-likeness (QED) is 0.888. The summed E-state index contributed by atoms with van der Waals surface area (Å²) in [6.07, 6.45) is 5.30. The maximum Gasteiger partial charge on any atom is 0.227 e. The third kappa shape index (κ3) is 2.93. The van der Waals surface area contributed by atoms with Crippen molar-refractivity contribution in [3.8, 4) is 0 Å². The second-order valence-electron chi connectivity index (χ2n) is 5.63. The van der Waals surface area contributed by atoms with Gasteiger partial charge in [0.1, 0.15) is 0 Å². The number of amides is 1. The van der Waals surface area contributed by atoms with Gasteiger partial charge < -0.3 is 9.88 Å². The van der Waals surface area contributed by atoms with Crippen LogP contribution in [0.2, 0.25) is 0 Å². The van der Waals surface area contributed by atoms with Gasteiger partial charge in [0.25, 0.3) is 0 Å². The molecule has 0 radical (unpaired) electrons. The van der Waals surface area contributed by atoms with Gasteiger partial charge in [0, 0.05) is 19.0 Å². The molecule has 0 bridgehead atoms. The lowest BCUT2D eigenvalue weighted by Crippen LogP contribution is -2.21. The lowest BCUT2D eigenvalue weighted by atomic mass is 10.2. The first-order chi connectivity index (χ1) is 10.3. The number of hydrogen-bond acceptors (Lipinski definition) is 3. The van der Waals surface area contributed by atoms with Crippen LogP contribution < -0.4 is 10.6 Å². The molecule has 1 heterocycles. The third-order valence-electron chi connectivity index (χ3n) is 4.14.